The molecule has 0 bridgehead atoms. The van der Waals surface area contributed by atoms with E-state index in [4.69, 9.17) is 26.1 Å². The minimum atomic E-state index is -0.648. The fourth-order valence-electron chi connectivity index (χ4n) is 4.49. The maximum absolute atomic E-state index is 13.9. The van der Waals surface area contributed by atoms with Crippen LogP contribution < -0.4 is 19.6 Å². The summed E-state index contributed by atoms with van der Waals surface area (Å²) >= 11 is 11.1. The third-order valence-electron chi connectivity index (χ3n) is 6.37. The molecular weight excluding hydrogens is 600 g/mol. The van der Waals surface area contributed by atoms with Gasteiger partial charge in [0.15, 0.2) is 4.80 Å². The molecule has 1 atom stereocenters. The number of hydrogen-bond donors (Lipinski definition) is 0. The topological polar surface area (TPSA) is 69.9 Å². The Hall–Kier alpha value is -3.46. The number of ether oxygens (including phenoxy) is 2. The Morgan fingerprint density at radius 2 is 1.87 bits per heavy atom. The van der Waals surface area contributed by atoms with Crippen molar-refractivity contribution in [2.45, 2.75) is 26.0 Å². The Labute approximate surface area is 242 Å². The standard InChI is InChI=1S/C30H24BrClN2O4S/c1-3-23-26(29(36)37-2)27(18-9-5-4-6-10-18)34-28(35)25(39-30(34)33-23)16-20-15-21(31)13-14-24(20)38-17-19-11-7-8-12-22(19)32/h4-16,27H,3,17H2,1-2H3/b25-16-/t27-/m0/s1. The fourth-order valence-corrected chi connectivity index (χ4v) is 6.07. The Morgan fingerprint density at radius 3 is 2.59 bits per heavy atom. The van der Waals surface area contributed by atoms with Gasteiger partial charge in [0.05, 0.1) is 29.0 Å². The zero-order valence-corrected chi connectivity index (χ0v) is 24.3. The van der Waals surface area contributed by atoms with Gasteiger partial charge in [-0.2, -0.15) is 0 Å². The molecular formula is C30H24BrClN2O4S. The molecule has 9 heteroatoms. The van der Waals surface area contributed by atoms with Crippen LogP contribution in [0.25, 0.3) is 6.08 Å². The molecule has 1 aliphatic heterocycles. The highest BCUT2D eigenvalue weighted by molar-refractivity contribution is 9.10. The Kier molecular flexibility index (Phi) is 8.16. The van der Waals surface area contributed by atoms with Crippen LogP contribution in [0.1, 0.15) is 36.1 Å². The second-order valence-electron chi connectivity index (χ2n) is 8.76. The molecule has 4 aromatic rings. The monoisotopic (exact) mass is 622 g/mol. The summed E-state index contributed by atoms with van der Waals surface area (Å²) in [5.74, 6) is 0.106. The summed E-state index contributed by atoms with van der Waals surface area (Å²) in [5, 5.41) is 0.624. The van der Waals surface area contributed by atoms with Gasteiger partial charge in [-0.3, -0.25) is 9.36 Å². The number of hydrogen-bond acceptors (Lipinski definition) is 6. The van der Waals surface area contributed by atoms with Crippen molar-refractivity contribution >= 4 is 50.9 Å². The molecule has 39 heavy (non-hydrogen) atoms. The highest BCUT2D eigenvalue weighted by atomic mass is 79.9. The Morgan fingerprint density at radius 1 is 1.13 bits per heavy atom. The van der Waals surface area contributed by atoms with Crippen LogP contribution in [0.4, 0.5) is 0 Å². The summed E-state index contributed by atoms with van der Waals surface area (Å²) < 4.78 is 14.1. The van der Waals surface area contributed by atoms with Crippen molar-refractivity contribution in [3.63, 3.8) is 0 Å². The molecule has 1 aliphatic rings. The van der Waals surface area contributed by atoms with Crippen molar-refractivity contribution in [1.82, 2.24) is 4.57 Å². The summed E-state index contributed by atoms with van der Waals surface area (Å²) in [6.45, 7) is 2.21. The van der Waals surface area contributed by atoms with Crippen LogP contribution in [0.15, 0.2) is 98.3 Å². The highest BCUT2D eigenvalue weighted by Crippen LogP contribution is 2.32. The lowest BCUT2D eigenvalue weighted by molar-refractivity contribution is -0.136. The smallest absolute Gasteiger partial charge is 0.338 e. The van der Waals surface area contributed by atoms with Crippen molar-refractivity contribution in [3.8, 4) is 5.75 Å². The van der Waals surface area contributed by atoms with Gasteiger partial charge in [0.2, 0.25) is 0 Å². The molecule has 0 aliphatic carbocycles. The summed E-state index contributed by atoms with van der Waals surface area (Å²) in [5.41, 5.74) is 3.11. The average molecular weight is 624 g/mol. The Balaban J connectivity index is 1.64. The minimum Gasteiger partial charge on any atom is -0.488 e. The van der Waals surface area contributed by atoms with Gasteiger partial charge in [-0.05, 0) is 42.3 Å². The van der Waals surface area contributed by atoms with Gasteiger partial charge in [-0.25, -0.2) is 9.79 Å². The van der Waals surface area contributed by atoms with Gasteiger partial charge in [0.25, 0.3) is 5.56 Å². The van der Waals surface area contributed by atoms with Crippen LogP contribution >= 0.6 is 38.9 Å². The van der Waals surface area contributed by atoms with Crippen LogP contribution in [0.5, 0.6) is 5.75 Å². The zero-order valence-electron chi connectivity index (χ0n) is 21.2. The van der Waals surface area contributed by atoms with E-state index in [1.54, 1.807) is 10.6 Å². The first-order chi connectivity index (χ1) is 18.9. The van der Waals surface area contributed by atoms with Gasteiger partial charge < -0.3 is 9.47 Å². The van der Waals surface area contributed by atoms with Crippen molar-refractivity contribution in [2.24, 2.45) is 4.99 Å². The first-order valence-electron chi connectivity index (χ1n) is 12.2. The third kappa shape index (κ3) is 5.50. The number of benzene rings is 3. The Bertz CT molecular complexity index is 1760. The molecule has 0 radical (unpaired) electrons. The number of rotatable bonds is 7. The van der Waals surface area contributed by atoms with E-state index in [1.165, 1.54) is 18.4 Å². The number of halogens is 2. The molecule has 0 unspecified atom stereocenters. The average Bonchev–Trinajstić information content (AvgIpc) is 3.26. The minimum absolute atomic E-state index is 0.249. The summed E-state index contributed by atoms with van der Waals surface area (Å²) in [7, 11) is 1.34. The molecule has 198 valence electrons. The molecule has 2 heterocycles. The fraction of sp³-hybridized carbons (Fsp3) is 0.167. The van der Waals surface area contributed by atoms with E-state index < -0.39 is 12.0 Å². The van der Waals surface area contributed by atoms with Gasteiger partial charge in [-0.1, -0.05) is 94.3 Å². The van der Waals surface area contributed by atoms with E-state index in [9.17, 15) is 9.59 Å². The van der Waals surface area contributed by atoms with Gasteiger partial charge >= 0.3 is 5.97 Å². The highest BCUT2D eigenvalue weighted by Gasteiger charge is 2.33. The molecule has 0 N–H and O–H groups in total. The number of fused-ring (bicyclic) bond motifs is 1. The van der Waals surface area contributed by atoms with E-state index in [0.717, 1.165) is 21.2 Å². The zero-order chi connectivity index (χ0) is 27.5. The lowest BCUT2D eigenvalue weighted by Gasteiger charge is -2.25. The number of esters is 1. The van der Waals surface area contributed by atoms with Crippen molar-refractivity contribution < 1.29 is 14.3 Å². The molecule has 3 aromatic carbocycles. The van der Waals surface area contributed by atoms with Crippen molar-refractivity contribution in [2.75, 3.05) is 7.11 Å². The summed E-state index contributed by atoms with van der Waals surface area (Å²) in [6.07, 6.45) is 2.32. The number of thiazole rings is 1. The van der Waals surface area contributed by atoms with Gasteiger partial charge in [0, 0.05) is 20.6 Å². The first-order valence-corrected chi connectivity index (χ1v) is 14.2. The van der Waals surface area contributed by atoms with E-state index in [1.807, 2.05) is 79.7 Å². The number of carbonyl (C=O) groups excluding carboxylic acids is 1. The SMILES string of the molecule is CCC1=C(C(=O)OC)[C@H](c2ccccc2)n2c(s/c(=C\c3cc(Br)ccc3OCc3ccccc3Cl)c2=O)=N1. The first kappa shape index (κ1) is 27.1. The second-order valence-corrected chi connectivity index (χ2v) is 11.1. The number of allylic oxidation sites excluding steroid dienone is 1. The molecule has 1 aromatic heterocycles. The molecule has 0 saturated heterocycles. The number of methoxy groups -OCH3 is 1. The summed E-state index contributed by atoms with van der Waals surface area (Å²) in [4.78, 5) is 32.1. The van der Waals surface area contributed by atoms with E-state index in [0.29, 0.717) is 37.8 Å². The maximum atomic E-state index is 13.9. The van der Waals surface area contributed by atoms with E-state index in [2.05, 4.69) is 15.9 Å². The molecule has 0 spiro atoms. The van der Waals surface area contributed by atoms with Crippen LogP contribution in [-0.2, 0) is 16.1 Å². The van der Waals surface area contributed by atoms with E-state index in [-0.39, 0.29) is 12.2 Å². The van der Waals surface area contributed by atoms with Gasteiger partial charge in [0.1, 0.15) is 12.4 Å². The number of aromatic nitrogens is 1. The molecule has 6 nitrogen and oxygen atoms in total. The second kappa shape index (κ2) is 11.7. The molecule has 0 fully saturated rings. The van der Waals surface area contributed by atoms with Crippen LogP contribution in [0.3, 0.4) is 0 Å². The lowest BCUT2D eigenvalue weighted by atomic mass is 9.95. The van der Waals surface area contributed by atoms with Crippen LogP contribution in [-0.4, -0.2) is 17.6 Å². The lowest BCUT2D eigenvalue weighted by Crippen LogP contribution is -2.40. The predicted molar refractivity (Wildman–Crippen MR) is 157 cm³/mol. The van der Waals surface area contributed by atoms with Crippen LogP contribution in [0, 0.1) is 0 Å². The predicted octanol–water partition coefficient (Wildman–Crippen LogP) is 5.79. The third-order valence-corrected chi connectivity index (χ3v) is 8.21. The van der Waals surface area contributed by atoms with Crippen LogP contribution in [0.2, 0.25) is 5.02 Å². The number of carbonyl (C=O) groups is 1. The molecule has 0 saturated carbocycles. The van der Waals surface area contributed by atoms with Gasteiger partial charge in [-0.15, -0.1) is 0 Å². The normalized spacial score (nSPS) is 15.1. The van der Waals surface area contributed by atoms with E-state index >= 15 is 0 Å². The summed E-state index contributed by atoms with van der Waals surface area (Å²) in [6, 6.07) is 22.0. The van der Waals surface area contributed by atoms with Crippen molar-refractivity contribution in [1.29, 1.82) is 0 Å². The number of nitrogens with zero attached hydrogens (tertiary/aromatic N) is 2. The van der Waals surface area contributed by atoms with Crippen molar-refractivity contribution in [3.05, 3.63) is 130 Å². The molecule has 0 amide bonds. The molecule has 5 rings (SSSR count). The largest absolute Gasteiger partial charge is 0.488 e. The maximum Gasteiger partial charge on any atom is 0.338 e. The quantitative estimate of drug-likeness (QED) is 0.244.